The van der Waals surface area contributed by atoms with Gasteiger partial charge in [-0.1, -0.05) is 20.8 Å². The first kappa shape index (κ1) is 12.2. The first-order valence-electron chi connectivity index (χ1n) is 3.90. The monoisotopic (exact) mass is 212 g/mol. The fraction of sp³-hybridized carbons (Fsp3) is 1.00. The summed E-state index contributed by atoms with van der Waals surface area (Å²) in [6, 6.07) is 0. The first-order valence-corrected chi connectivity index (χ1v) is 6.21. The molecule has 0 spiro atoms. The average molecular weight is 213 g/mol. The van der Waals surface area contributed by atoms with Gasteiger partial charge in [0.2, 0.25) is 9.05 Å². The van der Waals surface area contributed by atoms with Crippen molar-refractivity contribution in [3.05, 3.63) is 0 Å². The van der Waals surface area contributed by atoms with Crippen molar-refractivity contribution >= 4 is 19.7 Å². The van der Waals surface area contributed by atoms with Crippen LogP contribution in [0.5, 0.6) is 0 Å². The normalized spacial score (nSPS) is 14.8. The molecule has 0 bridgehead atoms. The quantitative estimate of drug-likeness (QED) is 0.660. The maximum atomic E-state index is 11.1. The molecule has 0 aromatic rings. The van der Waals surface area contributed by atoms with Crippen LogP contribution in [0.1, 0.15) is 41.0 Å². The van der Waals surface area contributed by atoms with E-state index in [1.54, 1.807) is 13.8 Å². The molecule has 0 aliphatic carbocycles. The van der Waals surface area contributed by atoms with Crippen LogP contribution in [0.15, 0.2) is 0 Å². The third-order valence-electron chi connectivity index (χ3n) is 1.62. The Labute approximate surface area is 79.7 Å². The fourth-order valence-electron chi connectivity index (χ4n) is 1.36. The summed E-state index contributed by atoms with van der Waals surface area (Å²) in [5.41, 5.74) is -0.0224. The predicted octanol–water partition coefficient (Wildman–Crippen LogP) is 2.77. The molecule has 0 radical (unpaired) electrons. The highest BCUT2D eigenvalue weighted by atomic mass is 35.7. The highest BCUT2D eigenvalue weighted by Crippen LogP contribution is 2.34. The van der Waals surface area contributed by atoms with Crippen LogP contribution in [0.3, 0.4) is 0 Å². The van der Waals surface area contributed by atoms with Crippen molar-refractivity contribution in [2.45, 2.75) is 45.8 Å². The summed E-state index contributed by atoms with van der Waals surface area (Å²) in [6.07, 6.45) is 0.561. The molecule has 0 aliphatic rings. The molecule has 4 heteroatoms. The van der Waals surface area contributed by atoms with Gasteiger partial charge in [0.15, 0.2) is 0 Å². The minimum Gasteiger partial charge on any atom is -0.212 e. The lowest BCUT2D eigenvalue weighted by atomic mass is 9.86. The minimum atomic E-state index is -3.46. The van der Waals surface area contributed by atoms with E-state index in [1.165, 1.54) is 0 Å². The molecule has 0 fully saturated rings. The maximum absolute atomic E-state index is 11.1. The second-order valence-corrected chi connectivity index (χ2v) is 8.13. The van der Waals surface area contributed by atoms with Gasteiger partial charge in [0.25, 0.3) is 0 Å². The number of rotatable bonds is 2. The van der Waals surface area contributed by atoms with Crippen LogP contribution >= 0.6 is 10.7 Å². The second kappa shape index (κ2) is 3.18. The van der Waals surface area contributed by atoms with Crippen molar-refractivity contribution in [3.8, 4) is 0 Å². The maximum Gasteiger partial charge on any atom is 0.237 e. The van der Waals surface area contributed by atoms with Gasteiger partial charge in [0.05, 0.1) is 4.75 Å². The van der Waals surface area contributed by atoms with E-state index in [0.717, 1.165) is 0 Å². The van der Waals surface area contributed by atoms with Crippen LogP contribution in [0.2, 0.25) is 0 Å². The standard InChI is InChI=1S/C8H17ClO2S/c1-7(2,3)6-8(4,5)12(9,10)11/h6H2,1-5H3. The molecule has 0 amide bonds. The molecule has 0 aliphatic heterocycles. The Morgan fingerprint density at radius 2 is 1.42 bits per heavy atom. The molecule has 74 valence electrons. The lowest BCUT2D eigenvalue weighted by molar-refractivity contribution is 0.331. The van der Waals surface area contributed by atoms with E-state index >= 15 is 0 Å². The highest BCUT2D eigenvalue weighted by molar-refractivity contribution is 8.14. The number of halogens is 1. The summed E-state index contributed by atoms with van der Waals surface area (Å²) in [5.74, 6) is 0. The van der Waals surface area contributed by atoms with Gasteiger partial charge >= 0.3 is 0 Å². The van der Waals surface area contributed by atoms with Crippen LogP contribution in [-0.4, -0.2) is 13.2 Å². The molecule has 0 heterocycles. The van der Waals surface area contributed by atoms with Crippen LogP contribution in [-0.2, 0) is 9.05 Å². The number of hydrogen-bond donors (Lipinski definition) is 0. The lowest BCUT2D eigenvalue weighted by Gasteiger charge is -2.29. The largest absolute Gasteiger partial charge is 0.237 e. The number of hydrogen-bond acceptors (Lipinski definition) is 2. The summed E-state index contributed by atoms with van der Waals surface area (Å²) in [6.45, 7) is 9.30. The van der Waals surface area contributed by atoms with Gasteiger partial charge in [0, 0.05) is 10.7 Å². The molecule has 0 saturated carbocycles. The van der Waals surface area contributed by atoms with E-state index in [4.69, 9.17) is 10.7 Å². The van der Waals surface area contributed by atoms with Crippen LogP contribution < -0.4 is 0 Å². The van der Waals surface area contributed by atoms with Gasteiger partial charge in [-0.3, -0.25) is 0 Å². The molecule has 0 N–H and O–H groups in total. The minimum absolute atomic E-state index is 0.0224. The van der Waals surface area contributed by atoms with Gasteiger partial charge in [-0.05, 0) is 25.7 Å². The van der Waals surface area contributed by atoms with Crippen LogP contribution in [0, 0.1) is 5.41 Å². The Kier molecular flexibility index (Phi) is 3.25. The van der Waals surface area contributed by atoms with Crippen molar-refractivity contribution in [2.24, 2.45) is 5.41 Å². The molecule has 0 aromatic heterocycles. The fourth-order valence-corrected chi connectivity index (χ4v) is 2.13. The third-order valence-corrected chi connectivity index (χ3v) is 4.33. The van der Waals surface area contributed by atoms with Crippen molar-refractivity contribution in [1.82, 2.24) is 0 Å². The Balaban J connectivity index is 4.68. The molecule has 0 unspecified atom stereocenters. The van der Waals surface area contributed by atoms with Gasteiger partial charge in [-0.2, -0.15) is 0 Å². The smallest absolute Gasteiger partial charge is 0.212 e. The summed E-state index contributed by atoms with van der Waals surface area (Å²) in [7, 11) is 1.84. The van der Waals surface area contributed by atoms with E-state index in [9.17, 15) is 8.42 Å². The zero-order chi connectivity index (χ0) is 10.2. The van der Waals surface area contributed by atoms with Crippen LogP contribution in [0.4, 0.5) is 0 Å². The molecule has 2 nitrogen and oxygen atoms in total. The Hall–Kier alpha value is 0.240. The van der Waals surface area contributed by atoms with Gasteiger partial charge in [0.1, 0.15) is 0 Å². The van der Waals surface area contributed by atoms with E-state index in [1.807, 2.05) is 20.8 Å². The molecule has 0 rings (SSSR count). The van der Waals surface area contributed by atoms with Gasteiger partial charge in [-0.15, -0.1) is 0 Å². The van der Waals surface area contributed by atoms with Crippen molar-refractivity contribution < 1.29 is 8.42 Å². The second-order valence-electron chi connectivity index (χ2n) is 4.93. The van der Waals surface area contributed by atoms with Crippen molar-refractivity contribution in [1.29, 1.82) is 0 Å². The van der Waals surface area contributed by atoms with Gasteiger partial charge < -0.3 is 0 Å². The Morgan fingerprint density at radius 1 is 1.08 bits per heavy atom. The Morgan fingerprint density at radius 3 is 1.50 bits per heavy atom. The summed E-state index contributed by atoms with van der Waals surface area (Å²) >= 11 is 0. The topological polar surface area (TPSA) is 34.1 Å². The molecular formula is C8H17ClO2S. The molecule has 0 atom stereocenters. The van der Waals surface area contributed by atoms with E-state index < -0.39 is 13.8 Å². The van der Waals surface area contributed by atoms with Gasteiger partial charge in [-0.25, -0.2) is 8.42 Å². The predicted molar refractivity (Wildman–Crippen MR) is 52.9 cm³/mol. The molecular weight excluding hydrogens is 196 g/mol. The molecule has 0 saturated heterocycles. The third kappa shape index (κ3) is 3.76. The summed E-state index contributed by atoms with van der Waals surface area (Å²) in [5, 5.41) is 0. The summed E-state index contributed by atoms with van der Waals surface area (Å²) < 4.78 is 21.4. The van der Waals surface area contributed by atoms with E-state index in [2.05, 4.69) is 0 Å². The van der Waals surface area contributed by atoms with Crippen LogP contribution in [0.25, 0.3) is 0 Å². The zero-order valence-corrected chi connectivity index (χ0v) is 9.88. The van der Waals surface area contributed by atoms with E-state index in [0.29, 0.717) is 6.42 Å². The van der Waals surface area contributed by atoms with Crippen molar-refractivity contribution in [3.63, 3.8) is 0 Å². The SMILES string of the molecule is CC(C)(C)CC(C)(C)S(=O)(=O)Cl. The molecule has 12 heavy (non-hydrogen) atoms. The zero-order valence-electron chi connectivity index (χ0n) is 8.31. The molecule has 0 aromatic carbocycles. The lowest BCUT2D eigenvalue weighted by Crippen LogP contribution is -2.32. The average Bonchev–Trinajstić information content (AvgIpc) is 1.52. The van der Waals surface area contributed by atoms with E-state index in [-0.39, 0.29) is 5.41 Å². The first-order chi connectivity index (χ1) is 4.96. The highest BCUT2D eigenvalue weighted by Gasteiger charge is 2.36. The summed E-state index contributed by atoms with van der Waals surface area (Å²) in [4.78, 5) is 0. The van der Waals surface area contributed by atoms with Crippen molar-refractivity contribution in [2.75, 3.05) is 0 Å². The Bertz CT molecular complexity index is 247.